The third kappa shape index (κ3) is 3.00. The van der Waals surface area contributed by atoms with Gasteiger partial charge in [-0.2, -0.15) is 0 Å². The van der Waals surface area contributed by atoms with Gasteiger partial charge in [-0.3, -0.25) is 4.79 Å². The third-order valence-electron chi connectivity index (χ3n) is 9.06. The summed E-state index contributed by atoms with van der Waals surface area (Å²) in [6.45, 7) is 8.95. The van der Waals surface area contributed by atoms with Crippen molar-refractivity contribution in [2.75, 3.05) is 21.0 Å². The molecule has 0 aromatic heterocycles. The molecule has 0 N–H and O–H groups in total. The van der Waals surface area contributed by atoms with E-state index in [9.17, 15) is 9.59 Å². The second kappa shape index (κ2) is 7.81. The van der Waals surface area contributed by atoms with E-state index in [4.69, 9.17) is 14.2 Å². The van der Waals surface area contributed by atoms with Crippen LogP contribution in [0.25, 0.3) is 0 Å². The summed E-state index contributed by atoms with van der Waals surface area (Å²) in [7, 11) is 3.44. The van der Waals surface area contributed by atoms with Crippen LogP contribution in [0.4, 0.5) is 0 Å². The van der Waals surface area contributed by atoms with Crippen LogP contribution in [-0.4, -0.2) is 45.3 Å². The number of methoxy groups -OCH3 is 2. The van der Waals surface area contributed by atoms with E-state index in [0.717, 1.165) is 32.0 Å². The number of carbonyl (C=O) groups excluding carboxylic acids is 2. The number of aldehydes is 1. The molecule has 0 saturated heterocycles. The van der Waals surface area contributed by atoms with Crippen molar-refractivity contribution in [3.05, 3.63) is 0 Å². The minimum atomic E-state index is -0.693. The predicted molar refractivity (Wildman–Crippen MR) is 107 cm³/mol. The second-order valence-electron chi connectivity index (χ2n) is 10.1. The van der Waals surface area contributed by atoms with Gasteiger partial charge in [-0.25, -0.2) is 0 Å². The summed E-state index contributed by atoms with van der Waals surface area (Å²) < 4.78 is 17.6. The van der Waals surface area contributed by atoms with Gasteiger partial charge in [0.1, 0.15) is 18.9 Å². The zero-order valence-electron chi connectivity index (χ0n) is 18.5. The first-order valence-corrected chi connectivity index (χ1v) is 10.8. The van der Waals surface area contributed by atoms with Crippen molar-refractivity contribution in [2.24, 2.45) is 34.0 Å². The fourth-order valence-corrected chi connectivity index (χ4v) is 7.25. The zero-order chi connectivity index (χ0) is 20.7. The molecule has 0 heterocycles. The average Bonchev–Trinajstić information content (AvgIpc) is 3.07. The van der Waals surface area contributed by atoms with Gasteiger partial charge < -0.3 is 19.0 Å². The molecule has 3 aliphatic rings. The largest absolute Gasteiger partial charge is 0.381 e. The molecule has 28 heavy (non-hydrogen) atoms. The Labute approximate surface area is 169 Å². The molecule has 0 aromatic rings. The molecular formula is C23H38O5. The molecule has 0 radical (unpaired) electrons. The van der Waals surface area contributed by atoms with Crippen molar-refractivity contribution in [3.63, 3.8) is 0 Å². The van der Waals surface area contributed by atoms with Crippen molar-refractivity contribution >= 4 is 12.1 Å². The van der Waals surface area contributed by atoms with Gasteiger partial charge in [0, 0.05) is 37.4 Å². The highest BCUT2D eigenvalue weighted by Crippen LogP contribution is 2.68. The lowest BCUT2D eigenvalue weighted by molar-refractivity contribution is -0.219. The smallest absolute Gasteiger partial charge is 0.146 e. The SMILES string of the molecule is COCO[C@@H]1C[C@@](C)(CC=O)C(=O)[C@H](C)C23CCC(OC)C2[C@@]1(C)[C@H](C)CC3. The van der Waals surface area contributed by atoms with Crippen LogP contribution in [0.5, 0.6) is 0 Å². The number of hydrogen-bond donors (Lipinski definition) is 0. The summed E-state index contributed by atoms with van der Waals surface area (Å²) in [4.78, 5) is 25.3. The van der Waals surface area contributed by atoms with Crippen LogP contribution < -0.4 is 0 Å². The highest BCUT2D eigenvalue weighted by atomic mass is 16.7. The maximum absolute atomic E-state index is 13.8. The maximum Gasteiger partial charge on any atom is 0.146 e. The molecule has 2 bridgehead atoms. The molecule has 0 spiro atoms. The summed E-state index contributed by atoms with van der Waals surface area (Å²) in [5, 5.41) is 0. The Balaban J connectivity index is 2.18. The standard InChI is InChI=1S/C23H38O5/c1-15-7-9-23-10-8-17(27-6)19(23)22(15,4)18(28-14-26-5)13-21(3,11-12-24)20(25)16(23)2/h12,15-19H,7-11,13-14H2,1-6H3/t15-,16+,17?,18-,19?,21-,22+,23?/m1/s1. The lowest BCUT2D eigenvalue weighted by Gasteiger charge is -2.62. The van der Waals surface area contributed by atoms with E-state index in [1.165, 1.54) is 0 Å². The van der Waals surface area contributed by atoms with E-state index in [2.05, 4.69) is 20.8 Å². The van der Waals surface area contributed by atoms with Crippen molar-refractivity contribution in [1.29, 1.82) is 0 Å². The van der Waals surface area contributed by atoms with E-state index in [0.29, 0.717) is 12.3 Å². The fourth-order valence-electron chi connectivity index (χ4n) is 7.25. The molecular weight excluding hydrogens is 356 g/mol. The van der Waals surface area contributed by atoms with Crippen LogP contribution in [0, 0.1) is 34.0 Å². The van der Waals surface area contributed by atoms with E-state index in [1.54, 1.807) is 14.2 Å². The van der Waals surface area contributed by atoms with Crippen LogP contribution in [0.3, 0.4) is 0 Å². The molecule has 5 heteroatoms. The second-order valence-corrected chi connectivity index (χ2v) is 10.1. The van der Waals surface area contributed by atoms with Gasteiger partial charge in [0.25, 0.3) is 0 Å². The number of Topliss-reactive ketones (excluding diaryl/α,β-unsaturated/α-hetero) is 1. The maximum atomic E-state index is 13.8. The van der Waals surface area contributed by atoms with Crippen LogP contribution in [0.1, 0.15) is 66.2 Å². The number of rotatable bonds is 6. The Kier molecular flexibility index (Phi) is 6.11. The van der Waals surface area contributed by atoms with Gasteiger partial charge in [-0.05, 0) is 49.4 Å². The Morgan fingerprint density at radius 1 is 1.14 bits per heavy atom. The van der Waals surface area contributed by atoms with Crippen LogP contribution >= 0.6 is 0 Å². The molecule has 5 nitrogen and oxygen atoms in total. The molecule has 3 rings (SSSR count). The minimum Gasteiger partial charge on any atom is -0.381 e. The number of hydrogen-bond acceptors (Lipinski definition) is 5. The Morgan fingerprint density at radius 3 is 2.43 bits per heavy atom. The Morgan fingerprint density at radius 2 is 1.82 bits per heavy atom. The fraction of sp³-hybridized carbons (Fsp3) is 0.913. The minimum absolute atomic E-state index is 0.0712. The van der Waals surface area contributed by atoms with Crippen LogP contribution in [0.15, 0.2) is 0 Å². The van der Waals surface area contributed by atoms with Gasteiger partial charge in [0.15, 0.2) is 0 Å². The molecule has 3 saturated carbocycles. The normalized spacial score (nSPS) is 48.6. The predicted octanol–water partition coefficient (Wildman–Crippen LogP) is 4.03. The van der Waals surface area contributed by atoms with E-state index in [-0.39, 0.29) is 53.9 Å². The van der Waals surface area contributed by atoms with E-state index in [1.807, 2.05) is 6.92 Å². The van der Waals surface area contributed by atoms with Gasteiger partial charge in [-0.1, -0.05) is 27.7 Å². The molecule has 0 aliphatic heterocycles. The quantitative estimate of drug-likeness (QED) is 0.503. The summed E-state index contributed by atoms with van der Waals surface area (Å²) >= 11 is 0. The van der Waals surface area contributed by atoms with Gasteiger partial charge >= 0.3 is 0 Å². The average molecular weight is 395 g/mol. The van der Waals surface area contributed by atoms with Crippen molar-refractivity contribution in [1.82, 2.24) is 0 Å². The summed E-state index contributed by atoms with van der Waals surface area (Å²) in [6, 6.07) is 0. The lowest BCUT2D eigenvalue weighted by Crippen LogP contribution is -2.63. The molecule has 3 aliphatic carbocycles. The topological polar surface area (TPSA) is 61.8 Å². The van der Waals surface area contributed by atoms with E-state index < -0.39 is 5.41 Å². The lowest BCUT2D eigenvalue weighted by atomic mass is 9.44. The first kappa shape index (κ1) is 21.9. The van der Waals surface area contributed by atoms with Gasteiger partial charge in [0.05, 0.1) is 12.2 Å². The molecule has 3 fully saturated rings. The number of ether oxygens (including phenoxy) is 3. The molecule has 8 atom stereocenters. The third-order valence-corrected chi connectivity index (χ3v) is 9.06. The highest BCUT2D eigenvalue weighted by Gasteiger charge is 2.68. The van der Waals surface area contributed by atoms with Gasteiger partial charge in [-0.15, -0.1) is 0 Å². The molecule has 3 unspecified atom stereocenters. The van der Waals surface area contributed by atoms with Crippen LogP contribution in [-0.2, 0) is 23.8 Å². The summed E-state index contributed by atoms with van der Waals surface area (Å²) in [6.07, 6.45) is 5.86. The first-order chi connectivity index (χ1) is 13.2. The Hall–Kier alpha value is -0.780. The zero-order valence-corrected chi connectivity index (χ0v) is 18.5. The van der Waals surface area contributed by atoms with Crippen molar-refractivity contribution in [3.8, 4) is 0 Å². The van der Waals surface area contributed by atoms with E-state index >= 15 is 0 Å². The molecule has 160 valence electrons. The first-order valence-electron chi connectivity index (χ1n) is 10.8. The van der Waals surface area contributed by atoms with Crippen molar-refractivity contribution in [2.45, 2.75) is 78.4 Å². The Bertz CT molecular complexity index is 606. The molecule has 0 amide bonds. The van der Waals surface area contributed by atoms with Crippen molar-refractivity contribution < 1.29 is 23.8 Å². The molecule has 0 aromatic carbocycles. The highest BCUT2D eigenvalue weighted by molar-refractivity contribution is 5.89. The van der Waals surface area contributed by atoms with Gasteiger partial charge in [0.2, 0.25) is 0 Å². The number of carbonyl (C=O) groups is 2. The monoisotopic (exact) mass is 394 g/mol. The van der Waals surface area contributed by atoms with Crippen LogP contribution in [0.2, 0.25) is 0 Å². The summed E-state index contributed by atoms with van der Waals surface area (Å²) in [5.41, 5.74) is -0.896. The summed E-state index contributed by atoms with van der Waals surface area (Å²) in [5.74, 6) is 0.876. The number of ketones is 1.